The summed E-state index contributed by atoms with van der Waals surface area (Å²) < 4.78 is 0. The van der Waals surface area contributed by atoms with Crippen LogP contribution in [0, 0.1) is 0 Å². The van der Waals surface area contributed by atoms with Crippen molar-refractivity contribution in [2.75, 3.05) is 5.32 Å². The molecule has 0 bridgehead atoms. The molecule has 2 aromatic heterocycles. The first kappa shape index (κ1) is 11.6. The highest BCUT2D eigenvalue weighted by Gasteiger charge is 2.08. The van der Waals surface area contributed by atoms with Crippen molar-refractivity contribution in [1.29, 1.82) is 0 Å². The Kier molecular flexibility index (Phi) is 3.39. The molecule has 0 fully saturated rings. The molecule has 0 saturated carbocycles. The first-order valence-electron chi connectivity index (χ1n) is 5.16. The number of aromatic nitrogens is 1. The zero-order chi connectivity index (χ0) is 12.3. The molecule has 0 aromatic carbocycles. The van der Waals surface area contributed by atoms with Crippen molar-refractivity contribution in [3.63, 3.8) is 0 Å². The molecular formula is C12H12N2O2S. The molecule has 0 amide bonds. The van der Waals surface area contributed by atoms with E-state index >= 15 is 0 Å². The number of hydrogen-bond donors (Lipinski definition) is 2. The quantitative estimate of drug-likeness (QED) is 0.873. The molecule has 2 heterocycles. The smallest absolute Gasteiger partial charge is 0.354 e. The van der Waals surface area contributed by atoms with Crippen molar-refractivity contribution in [2.24, 2.45) is 0 Å². The lowest BCUT2D eigenvalue weighted by Crippen LogP contribution is -2.09. The van der Waals surface area contributed by atoms with Gasteiger partial charge < -0.3 is 10.4 Å². The van der Waals surface area contributed by atoms with E-state index in [4.69, 9.17) is 5.11 Å². The van der Waals surface area contributed by atoms with Gasteiger partial charge in [0.15, 0.2) is 5.69 Å². The van der Waals surface area contributed by atoms with Crippen molar-refractivity contribution < 1.29 is 9.90 Å². The van der Waals surface area contributed by atoms with Crippen LogP contribution in [0.3, 0.4) is 0 Å². The minimum Gasteiger partial charge on any atom is -0.477 e. The standard InChI is InChI=1S/C12H12N2O2S/c1-8(9-5-6-17-7-9)13-11-4-2-3-10(14-11)12(15)16/h2-8H,1H3,(H,13,14)(H,15,16). The van der Waals surface area contributed by atoms with Gasteiger partial charge in [-0.2, -0.15) is 11.3 Å². The van der Waals surface area contributed by atoms with Gasteiger partial charge in [-0.05, 0) is 41.4 Å². The first-order chi connectivity index (χ1) is 8.16. The third kappa shape index (κ3) is 2.82. The van der Waals surface area contributed by atoms with E-state index in [9.17, 15) is 4.79 Å². The van der Waals surface area contributed by atoms with Crippen molar-refractivity contribution in [1.82, 2.24) is 4.98 Å². The number of nitrogens with zero attached hydrogens (tertiary/aromatic N) is 1. The SMILES string of the molecule is CC(Nc1cccc(C(=O)O)n1)c1ccsc1. The van der Waals surface area contributed by atoms with Gasteiger partial charge in [0.05, 0.1) is 6.04 Å². The Bertz CT molecular complexity index is 511. The van der Waals surface area contributed by atoms with E-state index in [0.29, 0.717) is 5.82 Å². The molecule has 0 aliphatic carbocycles. The molecule has 88 valence electrons. The highest BCUT2D eigenvalue weighted by Crippen LogP contribution is 2.20. The molecule has 1 unspecified atom stereocenters. The number of anilines is 1. The average molecular weight is 248 g/mol. The summed E-state index contributed by atoms with van der Waals surface area (Å²) >= 11 is 1.63. The van der Waals surface area contributed by atoms with Crippen molar-refractivity contribution in [2.45, 2.75) is 13.0 Å². The number of carbonyl (C=O) groups is 1. The fourth-order valence-corrected chi connectivity index (χ4v) is 2.21. The number of hydrogen-bond acceptors (Lipinski definition) is 4. The van der Waals surface area contributed by atoms with E-state index in [1.165, 1.54) is 6.07 Å². The van der Waals surface area contributed by atoms with E-state index in [-0.39, 0.29) is 11.7 Å². The van der Waals surface area contributed by atoms with Crippen LogP contribution in [-0.2, 0) is 0 Å². The van der Waals surface area contributed by atoms with Gasteiger partial charge in [-0.3, -0.25) is 0 Å². The Morgan fingerprint density at radius 3 is 2.94 bits per heavy atom. The van der Waals surface area contributed by atoms with Gasteiger partial charge in [0.2, 0.25) is 0 Å². The molecule has 0 spiro atoms. The number of carboxylic acids is 1. The molecule has 2 rings (SSSR count). The lowest BCUT2D eigenvalue weighted by atomic mass is 10.2. The lowest BCUT2D eigenvalue weighted by Gasteiger charge is -2.13. The number of aromatic carboxylic acids is 1. The third-order valence-electron chi connectivity index (χ3n) is 2.38. The summed E-state index contributed by atoms with van der Waals surface area (Å²) in [6.07, 6.45) is 0. The summed E-state index contributed by atoms with van der Waals surface area (Å²) in [5, 5.41) is 16.1. The lowest BCUT2D eigenvalue weighted by molar-refractivity contribution is 0.0690. The fraction of sp³-hybridized carbons (Fsp3) is 0.167. The van der Waals surface area contributed by atoms with Crippen LogP contribution in [0.25, 0.3) is 0 Å². The number of rotatable bonds is 4. The zero-order valence-corrected chi connectivity index (χ0v) is 10.1. The van der Waals surface area contributed by atoms with E-state index in [0.717, 1.165) is 5.56 Å². The van der Waals surface area contributed by atoms with Crippen LogP contribution in [0.4, 0.5) is 5.82 Å². The Balaban J connectivity index is 2.13. The minimum absolute atomic E-state index is 0.0486. The maximum Gasteiger partial charge on any atom is 0.354 e. The maximum absolute atomic E-state index is 10.8. The maximum atomic E-state index is 10.8. The predicted molar refractivity (Wildman–Crippen MR) is 67.6 cm³/mol. The Labute approximate surface area is 103 Å². The summed E-state index contributed by atoms with van der Waals surface area (Å²) in [6, 6.07) is 7.05. The average Bonchev–Trinajstić information content (AvgIpc) is 2.82. The first-order valence-corrected chi connectivity index (χ1v) is 6.10. The molecule has 5 heteroatoms. The molecule has 0 aliphatic heterocycles. The summed E-state index contributed by atoms with van der Waals surface area (Å²) in [4.78, 5) is 14.8. The van der Waals surface area contributed by atoms with Gasteiger partial charge >= 0.3 is 5.97 Å². The summed E-state index contributed by atoms with van der Waals surface area (Å²) in [5.74, 6) is -0.444. The Morgan fingerprint density at radius 1 is 1.47 bits per heavy atom. The molecule has 0 aliphatic rings. The van der Waals surface area contributed by atoms with Crippen LogP contribution in [0.15, 0.2) is 35.0 Å². The van der Waals surface area contributed by atoms with E-state index in [1.54, 1.807) is 23.5 Å². The molecule has 2 N–H and O–H groups in total. The van der Waals surface area contributed by atoms with Crippen molar-refractivity contribution in [3.05, 3.63) is 46.3 Å². The highest BCUT2D eigenvalue weighted by molar-refractivity contribution is 7.07. The van der Waals surface area contributed by atoms with Crippen LogP contribution in [0.1, 0.15) is 29.0 Å². The van der Waals surface area contributed by atoms with E-state index < -0.39 is 5.97 Å². The molecule has 4 nitrogen and oxygen atoms in total. The van der Waals surface area contributed by atoms with Gasteiger partial charge in [-0.25, -0.2) is 9.78 Å². The second-order valence-corrected chi connectivity index (χ2v) is 4.42. The Hall–Kier alpha value is -1.88. The number of pyridine rings is 1. The van der Waals surface area contributed by atoms with Crippen LogP contribution in [0.5, 0.6) is 0 Å². The van der Waals surface area contributed by atoms with Crippen LogP contribution < -0.4 is 5.32 Å². The van der Waals surface area contributed by atoms with Crippen LogP contribution >= 0.6 is 11.3 Å². The predicted octanol–water partition coefficient (Wildman–Crippen LogP) is 3.01. The fourth-order valence-electron chi connectivity index (χ4n) is 1.46. The van der Waals surface area contributed by atoms with E-state index in [1.807, 2.05) is 18.4 Å². The normalized spacial score (nSPS) is 12.1. The zero-order valence-electron chi connectivity index (χ0n) is 9.25. The minimum atomic E-state index is -1.02. The highest BCUT2D eigenvalue weighted by atomic mass is 32.1. The number of thiophene rings is 1. The van der Waals surface area contributed by atoms with Gasteiger partial charge in [0.1, 0.15) is 5.82 Å². The monoisotopic (exact) mass is 248 g/mol. The molecular weight excluding hydrogens is 236 g/mol. The summed E-state index contributed by atoms with van der Waals surface area (Å²) in [6.45, 7) is 2.01. The van der Waals surface area contributed by atoms with Crippen molar-refractivity contribution in [3.8, 4) is 0 Å². The molecule has 0 saturated heterocycles. The topological polar surface area (TPSA) is 62.2 Å². The number of nitrogens with one attached hydrogen (secondary N) is 1. The summed E-state index contributed by atoms with van der Waals surface area (Å²) in [7, 11) is 0. The second kappa shape index (κ2) is 4.97. The van der Waals surface area contributed by atoms with Crippen LogP contribution in [0.2, 0.25) is 0 Å². The van der Waals surface area contributed by atoms with Gasteiger partial charge in [-0.1, -0.05) is 6.07 Å². The Morgan fingerprint density at radius 2 is 2.29 bits per heavy atom. The van der Waals surface area contributed by atoms with Crippen molar-refractivity contribution >= 4 is 23.1 Å². The van der Waals surface area contributed by atoms with Gasteiger partial charge in [0.25, 0.3) is 0 Å². The second-order valence-electron chi connectivity index (χ2n) is 3.64. The van der Waals surface area contributed by atoms with Gasteiger partial charge in [0, 0.05) is 0 Å². The molecule has 0 radical (unpaired) electrons. The largest absolute Gasteiger partial charge is 0.477 e. The van der Waals surface area contributed by atoms with E-state index in [2.05, 4.69) is 15.7 Å². The van der Waals surface area contributed by atoms with Gasteiger partial charge in [-0.15, -0.1) is 0 Å². The molecule has 2 aromatic rings. The third-order valence-corrected chi connectivity index (χ3v) is 3.08. The number of carboxylic acid groups (broad SMARTS) is 1. The molecule has 1 atom stereocenters. The van der Waals surface area contributed by atoms with Crippen LogP contribution in [-0.4, -0.2) is 16.1 Å². The molecule has 17 heavy (non-hydrogen) atoms. The summed E-state index contributed by atoms with van der Waals surface area (Å²) in [5.41, 5.74) is 1.21.